The van der Waals surface area contributed by atoms with E-state index in [1.54, 1.807) is 17.8 Å². The van der Waals surface area contributed by atoms with Crippen LogP contribution in [-0.4, -0.2) is 36.2 Å². The molecule has 0 atom stereocenters. The molecule has 0 unspecified atom stereocenters. The average molecular weight is 335 g/mol. The van der Waals surface area contributed by atoms with Crippen molar-refractivity contribution >= 4 is 11.3 Å². The molecule has 0 fully saturated rings. The first kappa shape index (κ1) is 15.1. The van der Waals surface area contributed by atoms with Gasteiger partial charge in [0.05, 0.1) is 12.8 Å². The van der Waals surface area contributed by atoms with Crippen LogP contribution in [0.3, 0.4) is 0 Å². The maximum absolute atomic E-state index is 6.21. The van der Waals surface area contributed by atoms with Crippen LogP contribution < -0.4 is 10.5 Å². The summed E-state index contributed by atoms with van der Waals surface area (Å²) in [5.41, 5.74) is 9.65. The molecule has 4 rings (SSSR count). The fraction of sp³-hybridized carbons (Fsp3) is 0.176. The molecule has 0 aromatic carbocycles. The third-order valence-electron chi connectivity index (χ3n) is 4.14. The molecule has 4 aromatic rings. The van der Waals surface area contributed by atoms with E-state index in [1.807, 2.05) is 49.1 Å². The third kappa shape index (κ3) is 2.38. The van der Waals surface area contributed by atoms with Gasteiger partial charge in [0, 0.05) is 37.3 Å². The maximum Gasteiger partial charge on any atom is 0.218 e. The Hall–Kier alpha value is -3.42. The summed E-state index contributed by atoms with van der Waals surface area (Å²) in [6.45, 7) is 1.98. The van der Waals surface area contributed by atoms with Gasteiger partial charge < -0.3 is 15.0 Å². The quantitative estimate of drug-likeness (QED) is 0.616. The average Bonchev–Trinajstić information content (AvgIpc) is 3.18. The lowest BCUT2D eigenvalue weighted by molar-refractivity contribution is 0.398. The second-order valence-corrected chi connectivity index (χ2v) is 5.71. The van der Waals surface area contributed by atoms with Crippen molar-refractivity contribution < 1.29 is 4.74 Å². The highest BCUT2D eigenvalue weighted by atomic mass is 16.5. The fourth-order valence-corrected chi connectivity index (χ4v) is 2.88. The largest absolute Gasteiger partial charge is 0.481 e. The maximum atomic E-state index is 6.21. The normalized spacial score (nSPS) is 11.2. The number of aromatic nitrogens is 6. The van der Waals surface area contributed by atoms with Crippen molar-refractivity contribution in [2.24, 2.45) is 7.05 Å². The van der Waals surface area contributed by atoms with E-state index in [9.17, 15) is 0 Å². The molecule has 0 spiro atoms. The van der Waals surface area contributed by atoms with Gasteiger partial charge in [-0.3, -0.25) is 0 Å². The topological polar surface area (TPSA) is 96.2 Å². The molecule has 4 aromatic heterocycles. The number of ether oxygens (including phenoxy) is 1. The van der Waals surface area contributed by atoms with Crippen molar-refractivity contribution in [3.8, 4) is 28.8 Å². The van der Waals surface area contributed by atoms with E-state index in [0.717, 1.165) is 22.3 Å². The summed E-state index contributed by atoms with van der Waals surface area (Å²) in [6.07, 6.45) is 5.44. The zero-order chi connectivity index (χ0) is 17.6. The summed E-state index contributed by atoms with van der Waals surface area (Å²) < 4.78 is 8.80. The minimum atomic E-state index is 0.402. The summed E-state index contributed by atoms with van der Waals surface area (Å²) in [4.78, 5) is 13.2. The van der Waals surface area contributed by atoms with Gasteiger partial charge in [0.2, 0.25) is 11.7 Å². The standard InChI is InChI=1S/C17H17N7O/c1-10-11(12-5-4-6-13(20-12)25-3)9-24-14(10)15(18)21-16(22-24)17-19-7-8-23(17)2/h4-9H,1-3H3,(H2,18,21,22). The van der Waals surface area contributed by atoms with E-state index < -0.39 is 0 Å². The van der Waals surface area contributed by atoms with E-state index in [2.05, 4.69) is 20.1 Å². The second-order valence-electron chi connectivity index (χ2n) is 5.71. The van der Waals surface area contributed by atoms with Crippen molar-refractivity contribution in [2.75, 3.05) is 12.8 Å². The number of pyridine rings is 1. The number of rotatable bonds is 3. The molecular weight excluding hydrogens is 318 g/mol. The number of nitrogens with two attached hydrogens (primary N) is 1. The van der Waals surface area contributed by atoms with Crippen LogP contribution in [0, 0.1) is 6.92 Å². The minimum Gasteiger partial charge on any atom is -0.481 e. The first-order valence-electron chi connectivity index (χ1n) is 7.73. The molecule has 8 nitrogen and oxygen atoms in total. The van der Waals surface area contributed by atoms with Crippen LogP contribution in [0.2, 0.25) is 0 Å². The highest BCUT2D eigenvalue weighted by molar-refractivity contribution is 5.81. The molecule has 0 aliphatic heterocycles. The van der Waals surface area contributed by atoms with Crippen molar-refractivity contribution in [3.63, 3.8) is 0 Å². The number of methoxy groups -OCH3 is 1. The Morgan fingerprint density at radius 3 is 2.76 bits per heavy atom. The first-order valence-corrected chi connectivity index (χ1v) is 7.73. The molecule has 4 heterocycles. The summed E-state index contributed by atoms with van der Waals surface area (Å²) in [5, 5.41) is 4.57. The lowest BCUT2D eigenvalue weighted by Gasteiger charge is -2.04. The van der Waals surface area contributed by atoms with E-state index in [-0.39, 0.29) is 0 Å². The predicted molar refractivity (Wildman–Crippen MR) is 94.1 cm³/mol. The summed E-state index contributed by atoms with van der Waals surface area (Å²) in [7, 11) is 3.48. The van der Waals surface area contributed by atoms with Crippen LogP contribution in [0.25, 0.3) is 28.4 Å². The van der Waals surface area contributed by atoms with Gasteiger partial charge in [0.25, 0.3) is 0 Å². The fourth-order valence-electron chi connectivity index (χ4n) is 2.88. The van der Waals surface area contributed by atoms with Gasteiger partial charge in [-0.1, -0.05) is 6.07 Å². The highest BCUT2D eigenvalue weighted by Crippen LogP contribution is 2.30. The molecule has 2 N–H and O–H groups in total. The molecule has 25 heavy (non-hydrogen) atoms. The minimum absolute atomic E-state index is 0.402. The number of nitrogens with zero attached hydrogens (tertiary/aromatic N) is 6. The van der Waals surface area contributed by atoms with Crippen LogP contribution >= 0.6 is 0 Å². The highest BCUT2D eigenvalue weighted by Gasteiger charge is 2.17. The number of aryl methyl sites for hydroxylation is 2. The van der Waals surface area contributed by atoms with Gasteiger partial charge in [0.1, 0.15) is 5.52 Å². The van der Waals surface area contributed by atoms with E-state index in [0.29, 0.717) is 23.3 Å². The molecule has 8 heteroatoms. The molecule has 0 saturated carbocycles. The second kappa shape index (κ2) is 5.59. The number of fused-ring (bicyclic) bond motifs is 1. The van der Waals surface area contributed by atoms with E-state index >= 15 is 0 Å². The molecule has 0 saturated heterocycles. The molecular formula is C17H17N7O. The zero-order valence-electron chi connectivity index (χ0n) is 14.1. The number of hydrogen-bond donors (Lipinski definition) is 1. The van der Waals surface area contributed by atoms with Gasteiger partial charge in [-0.15, -0.1) is 5.10 Å². The summed E-state index contributed by atoms with van der Waals surface area (Å²) in [5.74, 6) is 2.08. The first-order chi connectivity index (χ1) is 12.1. The lowest BCUT2D eigenvalue weighted by Crippen LogP contribution is -2.05. The van der Waals surface area contributed by atoms with Gasteiger partial charge in [-0.25, -0.2) is 19.5 Å². The molecule has 126 valence electrons. The Morgan fingerprint density at radius 1 is 1.20 bits per heavy atom. The van der Waals surface area contributed by atoms with E-state index in [1.165, 1.54) is 0 Å². The predicted octanol–water partition coefficient (Wildman–Crippen LogP) is 2.09. The Labute approximate surface area is 143 Å². The molecule has 0 aliphatic carbocycles. The van der Waals surface area contributed by atoms with Crippen LogP contribution in [0.5, 0.6) is 5.88 Å². The molecule has 0 aliphatic rings. The molecule has 0 radical (unpaired) electrons. The number of nitrogen functional groups attached to an aromatic ring is 1. The smallest absolute Gasteiger partial charge is 0.218 e. The number of imidazole rings is 1. The third-order valence-corrected chi connectivity index (χ3v) is 4.14. The van der Waals surface area contributed by atoms with Gasteiger partial charge in [-0.2, -0.15) is 0 Å². The number of anilines is 1. The zero-order valence-corrected chi connectivity index (χ0v) is 14.1. The Balaban J connectivity index is 1.92. The van der Waals surface area contributed by atoms with E-state index in [4.69, 9.17) is 10.5 Å². The van der Waals surface area contributed by atoms with Crippen LogP contribution in [-0.2, 0) is 7.05 Å². The van der Waals surface area contributed by atoms with Crippen LogP contribution in [0.1, 0.15) is 5.56 Å². The Morgan fingerprint density at radius 2 is 2.04 bits per heavy atom. The van der Waals surface area contributed by atoms with Crippen LogP contribution in [0.15, 0.2) is 36.8 Å². The Bertz CT molecular complexity index is 1080. The van der Waals surface area contributed by atoms with Crippen molar-refractivity contribution in [1.29, 1.82) is 0 Å². The summed E-state index contributed by atoms with van der Waals surface area (Å²) >= 11 is 0. The van der Waals surface area contributed by atoms with Gasteiger partial charge >= 0.3 is 0 Å². The van der Waals surface area contributed by atoms with Gasteiger partial charge in [0.15, 0.2) is 11.6 Å². The lowest BCUT2D eigenvalue weighted by atomic mass is 10.1. The summed E-state index contributed by atoms with van der Waals surface area (Å²) in [6, 6.07) is 5.63. The number of hydrogen-bond acceptors (Lipinski definition) is 6. The van der Waals surface area contributed by atoms with Crippen molar-refractivity contribution in [1.82, 2.24) is 29.1 Å². The molecule has 0 amide bonds. The van der Waals surface area contributed by atoms with Gasteiger partial charge in [-0.05, 0) is 18.6 Å². The Kier molecular flexibility index (Phi) is 3.38. The van der Waals surface area contributed by atoms with Crippen molar-refractivity contribution in [3.05, 3.63) is 42.4 Å². The van der Waals surface area contributed by atoms with Crippen molar-refractivity contribution in [2.45, 2.75) is 6.92 Å². The SMILES string of the molecule is COc1cccc(-c2cn3nc(-c4nccn4C)nc(N)c3c2C)n1. The molecule has 0 bridgehead atoms. The van der Waals surface area contributed by atoms with Crippen LogP contribution in [0.4, 0.5) is 5.82 Å². The monoisotopic (exact) mass is 335 g/mol.